The molecule has 7 nitrogen and oxygen atoms in total. The van der Waals surface area contributed by atoms with Crippen LogP contribution in [0.1, 0.15) is 12.0 Å². The summed E-state index contributed by atoms with van der Waals surface area (Å²) in [4.78, 5) is 29.5. The van der Waals surface area contributed by atoms with E-state index in [1.165, 1.54) is 6.07 Å². The zero-order valence-corrected chi connectivity index (χ0v) is 10.3. The first kappa shape index (κ1) is 15.6. The highest BCUT2D eigenvalue weighted by Crippen LogP contribution is 2.24. The predicted molar refractivity (Wildman–Crippen MR) is 66.6 cm³/mol. The third kappa shape index (κ3) is 4.02. The van der Waals surface area contributed by atoms with Crippen molar-refractivity contribution in [1.29, 1.82) is 0 Å². The summed E-state index contributed by atoms with van der Waals surface area (Å²) >= 11 is 0. The molecule has 1 aliphatic rings. The Morgan fingerprint density at radius 3 is 2.45 bits per heavy atom. The zero-order chi connectivity index (χ0) is 15.3. The van der Waals surface area contributed by atoms with Crippen LogP contribution in [0.15, 0.2) is 18.2 Å². The summed E-state index contributed by atoms with van der Waals surface area (Å²) < 4.78 is 13.3. The minimum Gasteiger partial charge on any atom is -0.473 e. The Labute approximate surface area is 113 Å². The predicted octanol–water partition coefficient (Wildman–Crippen LogP) is 0.193. The smallest absolute Gasteiger partial charge is 0.414 e. The average Bonchev–Trinajstić information content (AvgIpc) is 2.52. The molecule has 108 valence electrons. The standard InChI is InChI=1S/C10H11FN2O.C2H2O4/c11-7-3-1-2-6-4-5-8(12)10(14)13-9(6)7;3-1(4)2(5)6/h1-3,8H,4-5,12H2,(H,13,14);(H,3,4)(H,5,6). The lowest BCUT2D eigenvalue weighted by Crippen LogP contribution is -2.34. The summed E-state index contributed by atoms with van der Waals surface area (Å²) in [6, 6.07) is 4.23. The zero-order valence-electron chi connectivity index (χ0n) is 10.3. The summed E-state index contributed by atoms with van der Waals surface area (Å²) in [6.07, 6.45) is 1.19. The molecule has 5 N–H and O–H groups in total. The lowest BCUT2D eigenvalue weighted by Gasteiger charge is -2.07. The second kappa shape index (κ2) is 6.62. The van der Waals surface area contributed by atoms with E-state index in [-0.39, 0.29) is 11.6 Å². The number of hydrogen-bond donors (Lipinski definition) is 4. The van der Waals surface area contributed by atoms with Crippen LogP contribution in [0.4, 0.5) is 10.1 Å². The average molecular weight is 284 g/mol. The Morgan fingerprint density at radius 2 is 1.90 bits per heavy atom. The number of para-hydroxylation sites is 1. The molecule has 0 saturated carbocycles. The van der Waals surface area contributed by atoms with Gasteiger partial charge >= 0.3 is 11.9 Å². The molecule has 0 spiro atoms. The van der Waals surface area contributed by atoms with Gasteiger partial charge in [-0.1, -0.05) is 12.1 Å². The molecular formula is C12H13FN2O5. The second-order valence-corrected chi connectivity index (χ2v) is 4.02. The van der Waals surface area contributed by atoms with E-state index in [9.17, 15) is 9.18 Å². The molecule has 1 unspecified atom stereocenters. The molecule has 1 aliphatic heterocycles. The van der Waals surface area contributed by atoms with Crippen molar-refractivity contribution in [3.8, 4) is 0 Å². The van der Waals surface area contributed by atoms with Gasteiger partial charge in [0.2, 0.25) is 5.91 Å². The van der Waals surface area contributed by atoms with Gasteiger partial charge in [0.25, 0.3) is 0 Å². The van der Waals surface area contributed by atoms with Gasteiger partial charge in [0.05, 0.1) is 11.7 Å². The van der Waals surface area contributed by atoms with Gasteiger partial charge in [-0.2, -0.15) is 0 Å². The molecule has 0 aliphatic carbocycles. The summed E-state index contributed by atoms with van der Waals surface area (Å²) in [7, 11) is 0. The van der Waals surface area contributed by atoms with Gasteiger partial charge in [0, 0.05) is 0 Å². The van der Waals surface area contributed by atoms with E-state index in [1.807, 2.05) is 0 Å². The van der Waals surface area contributed by atoms with Crippen LogP contribution in [0.2, 0.25) is 0 Å². The first-order valence-electron chi connectivity index (χ1n) is 5.63. The summed E-state index contributed by atoms with van der Waals surface area (Å²) in [5.74, 6) is -4.36. The van der Waals surface area contributed by atoms with Crippen LogP contribution in [0, 0.1) is 5.82 Å². The van der Waals surface area contributed by atoms with Gasteiger partial charge in [-0.05, 0) is 24.5 Å². The number of fused-ring (bicyclic) bond motifs is 1. The number of anilines is 1. The van der Waals surface area contributed by atoms with Crippen LogP contribution in [-0.4, -0.2) is 34.1 Å². The molecule has 1 heterocycles. The SMILES string of the molecule is NC1CCc2cccc(F)c2NC1=O.O=C(O)C(=O)O. The number of carboxylic acids is 2. The topological polar surface area (TPSA) is 130 Å². The molecule has 0 bridgehead atoms. The van der Waals surface area contributed by atoms with E-state index in [0.717, 1.165) is 5.56 Å². The van der Waals surface area contributed by atoms with E-state index in [4.69, 9.17) is 25.5 Å². The highest BCUT2D eigenvalue weighted by atomic mass is 19.1. The third-order valence-electron chi connectivity index (χ3n) is 2.59. The molecule has 1 aromatic carbocycles. The molecule has 0 aromatic heterocycles. The van der Waals surface area contributed by atoms with Gasteiger partial charge in [0.1, 0.15) is 5.82 Å². The summed E-state index contributed by atoms with van der Waals surface area (Å²) in [5, 5.41) is 17.3. The van der Waals surface area contributed by atoms with Crippen molar-refractivity contribution in [2.24, 2.45) is 5.73 Å². The van der Waals surface area contributed by atoms with Gasteiger partial charge in [-0.15, -0.1) is 0 Å². The Balaban J connectivity index is 0.000000286. The lowest BCUT2D eigenvalue weighted by atomic mass is 10.1. The number of rotatable bonds is 0. The highest BCUT2D eigenvalue weighted by molar-refractivity contribution is 6.27. The Morgan fingerprint density at radius 1 is 1.30 bits per heavy atom. The number of aliphatic carboxylic acids is 2. The van der Waals surface area contributed by atoms with Crippen molar-refractivity contribution >= 4 is 23.5 Å². The van der Waals surface area contributed by atoms with Crippen LogP contribution in [0.25, 0.3) is 0 Å². The molecule has 1 atom stereocenters. The molecule has 20 heavy (non-hydrogen) atoms. The fourth-order valence-electron chi connectivity index (χ4n) is 1.58. The Bertz CT molecular complexity index is 535. The van der Waals surface area contributed by atoms with Gasteiger partial charge in [0.15, 0.2) is 0 Å². The van der Waals surface area contributed by atoms with Gasteiger partial charge in [-0.25, -0.2) is 14.0 Å². The molecule has 2 rings (SSSR count). The van der Waals surface area contributed by atoms with Crippen LogP contribution in [0.5, 0.6) is 0 Å². The number of aryl methyl sites for hydroxylation is 1. The number of carbonyl (C=O) groups is 3. The van der Waals surface area contributed by atoms with Crippen molar-refractivity contribution in [2.75, 3.05) is 5.32 Å². The fourth-order valence-corrected chi connectivity index (χ4v) is 1.58. The Kier molecular flexibility index (Phi) is 5.15. The fraction of sp³-hybridized carbons (Fsp3) is 0.250. The van der Waals surface area contributed by atoms with E-state index in [1.54, 1.807) is 12.1 Å². The number of carbonyl (C=O) groups excluding carboxylic acids is 1. The first-order chi connectivity index (χ1) is 9.32. The maximum Gasteiger partial charge on any atom is 0.414 e. The van der Waals surface area contributed by atoms with Crippen LogP contribution < -0.4 is 11.1 Å². The number of nitrogens with one attached hydrogen (secondary N) is 1. The molecule has 1 amide bonds. The maximum atomic E-state index is 13.3. The van der Waals surface area contributed by atoms with Gasteiger partial charge < -0.3 is 21.3 Å². The Hall–Kier alpha value is -2.48. The van der Waals surface area contributed by atoms with Crippen molar-refractivity contribution in [3.05, 3.63) is 29.6 Å². The summed E-state index contributed by atoms with van der Waals surface area (Å²) in [6.45, 7) is 0. The first-order valence-corrected chi connectivity index (χ1v) is 5.63. The number of hydrogen-bond acceptors (Lipinski definition) is 4. The maximum absolute atomic E-state index is 13.3. The molecule has 0 saturated heterocycles. The normalized spacial score (nSPS) is 16.9. The van der Waals surface area contributed by atoms with Crippen molar-refractivity contribution in [1.82, 2.24) is 0 Å². The van der Waals surface area contributed by atoms with E-state index in [0.29, 0.717) is 12.8 Å². The molecule has 8 heteroatoms. The van der Waals surface area contributed by atoms with Crippen LogP contribution in [-0.2, 0) is 20.8 Å². The third-order valence-corrected chi connectivity index (χ3v) is 2.59. The number of carboxylic acid groups (broad SMARTS) is 2. The van der Waals surface area contributed by atoms with Gasteiger partial charge in [-0.3, -0.25) is 4.79 Å². The minimum absolute atomic E-state index is 0.283. The lowest BCUT2D eigenvalue weighted by molar-refractivity contribution is -0.159. The van der Waals surface area contributed by atoms with Crippen molar-refractivity contribution in [2.45, 2.75) is 18.9 Å². The molecular weight excluding hydrogens is 271 g/mol. The highest BCUT2D eigenvalue weighted by Gasteiger charge is 2.21. The number of halogens is 1. The number of amides is 1. The number of nitrogens with two attached hydrogens (primary N) is 1. The van der Waals surface area contributed by atoms with Crippen LogP contribution >= 0.6 is 0 Å². The van der Waals surface area contributed by atoms with Crippen molar-refractivity contribution < 1.29 is 29.0 Å². The molecule has 0 fully saturated rings. The van der Waals surface area contributed by atoms with E-state index < -0.39 is 23.8 Å². The summed E-state index contributed by atoms with van der Waals surface area (Å²) in [5.41, 5.74) is 6.67. The van der Waals surface area contributed by atoms with E-state index in [2.05, 4.69) is 5.32 Å². The molecule has 1 aromatic rings. The molecule has 0 radical (unpaired) electrons. The number of benzene rings is 1. The largest absolute Gasteiger partial charge is 0.473 e. The van der Waals surface area contributed by atoms with Crippen molar-refractivity contribution in [3.63, 3.8) is 0 Å². The minimum atomic E-state index is -1.82. The second-order valence-electron chi connectivity index (χ2n) is 4.02. The quantitative estimate of drug-likeness (QED) is 0.503. The van der Waals surface area contributed by atoms with E-state index >= 15 is 0 Å². The van der Waals surface area contributed by atoms with Crippen LogP contribution in [0.3, 0.4) is 0 Å². The monoisotopic (exact) mass is 284 g/mol.